The molecule has 0 amide bonds. The van der Waals surface area contributed by atoms with E-state index in [9.17, 15) is 10.1 Å². The number of aromatic nitrogens is 3. The molecule has 11 heteroatoms. The van der Waals surface area contributed by atoms with E-state index in [-0.39, 0.29) is 11.6 Å². The van der Waals surface area contributed by atoms with Crippen LogP contribution in [0.3, 0.4) is 0 Å². The van der Waals surface area contributed by atoms with E-state index in [4.69, 9.17) is 4.42 Å². The third kappa shape index (κ3) is 5.18. The first kappa shape index (κ1) is 19.1. The van der Waals surface area contributed by atoms with Gasteiger partial charge in [-0.05, 0) is 31.7 Å². The Hall–Kier alpha value is -3.24. The second-order valence-electron chi connectivity index (χ2n) is 7.36. The quantitative estimate of drug-likeness (QED) is 0.344. The van der Waals surface area contributed by atoms with Crippen molar-refractivity contribution >= 4 is 29.9 Å². The minimum absolute atomic E-state index is 0.256. The predicted molar refractivity (Wildman–Crippen MR) is 108 cm³/mol. The van der Waals surface area contributed by atoms with Gasteiger partial charge in [0.2, 0.25) is 17.8 Å². The van der Waals surface area contributed by atoms with Crippen LogP contribution < -0.4 is 16.1 Å². The smallest absolute Gasteiger partial charge is 0.400 e. The zero-order chi connectivity index (χ0) is 20.1. The molecule has 2 heterocycles. The van der Waals surface area contributed by atoms with Gasteiger partial charge >= 0.3 is 5.88 Å². The lowest BCUT2D eigenvalue weighted by atomic mass is 10.2. The summed E-state index contributed by atoms with van der Waals surface area (Å²) in [4.78, 5) is 23.4. The van der Waals surface area contributed by atoms with Gasteiger partial charge < -0.3 is 15.1 Å². The van der Waals surface area contributed by atoms with Crippen molar-refractivity contribution in [1.82, 2.24) is 15.0 Å². The topological polar surface area (TPSA) is 143 Å². The van der Waals surface area contributed by atoms with Gasteiger partial charge in [-0.25, -0.2) is 5.43 Å². The van der Waals surface area contributed by atoms with Crippen LogP contribution in [0.4, 0.5) is 23.7 Å². The first-order chi connectivity index (χ1) is 14.2. The largest absolute Gasteiger partial charge is 0.433 e. The Morgan fingerprint density at radius 2 is 1.52 bits per heavy atom. The molecule has 0 bridgehead atoms. The standard InChI is InChI=1S/C18H24N8O3/c27-26(28)15-10-9-14(29-15)11-19-25-18-23-16(20-12-5-1-2-6-12)22-17(24-18)21-13-7-3-4-8-13/h9-13H,1-8H2,(H3,20,21,22,23,24,25)/b19-11+. The van der Waals surface area contributed by atoms with E-state index in [1.165, 1.54) is 44.0 Å². The Labute approximate surface area is 167 Å². The maximum atomic E-state index is 10.7. The van der Waals surface area contributed by atoms with Crippen LogP contribution in [0.5, 0.6) is 0 Å². The Bertz CT molecular complexity index is 835. The summed E-state index contributed by atoms with van der Waals surface area (Å²) in [5.41, 5.74) is 2.76. The lowest BCUT2D eigenvalue weighted by molar-refractivity contribution is -0.402. The zero-order valence-electron chi connectivity index (χ0n) is 16.0. The molecule has 0 saturated heterocycles. The summed E-state index contributed by atoms with van der Waals surface area (Å²) in [6.45, 7) is 0. The fourth-order valence-electron chi connectivity index (χ4n) is 3.72. The summed E-state index contributed by atoms with van der Waals surface area (Å²) in [6, 6.07) is 3.49. The van der Waals surface area contributed by atoms with Gasteiger partial charge in [-0.2, -0.15) is 20.1 Å². The molecule has 0 aromatic carbocycles. The van der Waals surface area contributed by atoms with E-state index in [1.807, 2.05) is 0 Å². The molecule has 0 atom stereocenters. The highest BCUT2D eigenvalue weighted by atomic mass is 16.6. The summed E-state index contributed by atoms with van der Waals surface area (Å²) >= 11 is 0. The number of hydrazone groups is 1. The van der Waals surface area contributed by atoms with E-state index in [0.717, 1.165) is 25.7 Å². The van der Waals surface area contributed by atoms with Crippen LogP contribution in [-0.2, 0) is 0 Å². The van der Waals surface area contributed by atoms with E-state index in [0.29, 0.717) is 29.9 Å². The summed E-state index contributed by atoms with van der Waals surface area (Å²) in [6.07, 6.45) is 10.6. The fraction of sp³-hybridized carbons (Fsp3) is 0.556. The predicted octanol–water partition coefficient (Wildman–Crippen LogP) is 3.53. The maximum Gasteiger partial charge on any atom is 0.433 e. The van der Waals surface area contributed by atoms with Crippen LogP contribution in [-0.4, -0.2) is 38.2 Å². The molecular weight excluding hydrogens is 376 g/mol. The van der Waals surface area contributed by atoms with Gasteiger partial charge in [0.25, 0.3) is 0 Å². The molecule has 0 spiro atoms. The van der Waals surface area contributed by atoms with Crippen molar-refractivity contribution in [2.24, 2.45) is 5.10 Å². The van der Waals surface area contributed by atoms with Gasteiger partial charge in [-0.15, -0.1) is 0 Å². The lowest BCUT2D eigenvalue weighted by Crippen LogP contribution is -2.21. The first-order valence-electron chi connectivity index (χ1n) is 9.98. The summed E-state index contributed by atoms with van der Waals surface area (Å²) in [5.74, 6) is 1.24. The van der Waals surface area contributed by atoms with Crippen LogP contribution in [0.1, 0.15) is 57.1 Å². The Morgan fingerprint density at radius 3 is 2.03 bits per heavy atom. The van der Waals surface area contributed by atoms with E-state index in [2.05, 4.69) is 36.1 Å². The maximum absolute atomic E-state index is 10.7. The molecule has 2 aromatic heterocycles. The molecule has 4 rings (SSSR count). The third-order valence-electron chi connectivity index (χ3n) is 5.16. The molecule has 2 saturated carbocycles. The molecule has 2 aliphatic rings. The molecule has 2 fully saturated rings. The highest BCUT2D eigenvalue weighted by Crippen LogP contribution is 2.24. The normalized spacial score (nSPS) is 17.8. The molecule has 0 unspecified atom stereocenters. The number of nitrogens with zero attached hydrogens (tertiary/aromatic N) is 5. The molecule has 2 aliphatic carbocycles. The van der Waals surface area contributed by atoms with Gasteiger partial charge in [0.05, 0.1) is 12.3 Å². The fourth-order valence-corrected chi connectivity index (χ4v) is 3.72. The average molecular weight is 400 g/mol. The van der Waals surface area contributed by atoms with Crippen molar-refractivity contribution in [3.8, 4) is 0 Å². The number of hydrogen-bond donors (Lipinski definition) is 3. The van der Waals surface area contributed by atoms with Gasteiger partial charge in [0.15, 0.2) is 5.76 Å². The van der Waals surface area contributed by atoms with E-state index in [1.54, 1.807) is 0 Å². The Morgan fingerprint density at radius 1 is 0.966 bits per heavy atom. The average Bonchev–Trinajstić information content (AvgIpc) is 3.44. The van der Waals surface area contributed by atoms with Crippen LogP contribution >= 0.6 is 0 Å². The van der Waals surface area contributed by atoms with Crippen molar-refractivity contribution < 1.29 is 9.34 Å². The SMILES string of the molecule is O=[N+]([O-])c1ccc(/C=N/Nc2nc(NC3CCCC3)nc(NC3CCCC3)n2)o1. The number of nitro groups is 1. The van der Waals surface area contributed by atoms with Crippen LogP contribution in [0, 0.1) is 10.1 Å². The van der Waals surface area contributed by atoms with Crippen molar-refractivity contribution in [3.63, 3.8) is 0 Å². The van der Waals surface area contributed by atoms with Crippen LogP contribution in [0.15, 0.2) is 21.7 Å². The summed E-state index contributed by atoms with van der Waals surface area (Å²) < 4.78 is 5.04. The molecule has 29 heavy (non-hydrogen) atoms. The summed E-state index contributed by atoms with van der Waals surface area (Å²) in [5, 5.41) is 21.5. The van der Waals surface area contributed by atoms with Crippen molar-refractivity contribution in [1.29, 1.82) is 0 Å². The first-order valence-corrected chi connectivity index (χ1v) is 9.98. The van der Waals surface area contributed by atoms with Crippen LogP contribution in [0.25, 0.3) is 0 Å². The number of rotatable bonds is 8. The van der Waals surface area contributed by atoms with Gasteiger partial charge in [0.1, 0.15) is 4.92 Å². The highest BCUT2D eigenvalue weighted by Gasteiger charge is 2.19. The van der Waals surface area contributed by atoms with Crippen LogP contribution in [0.2, 0.25) is 0 Å². The molecule has 0 aliphatic heterocycles. The van der Waals surface area contributed by atoms with Crippen molar-refractivity contribution in [2.45, 2.75) is 63.5 Å². The van der Waals surface area contributed by atoms with E-state index >= 15 is 0 Å². The summed E-state index contributed by atoms with van der Waals surface area (Å²) in [7, 11) is 0. The van der Waals surface area contributed by atoms with E-state index < -0.39 is 4.92 Å². The molecule has 2 aromatic rings. The molecular formula is C18H24N8O3. The number of nitrogens with one attached hydrogen (secondary N) is 3. The molecule has 3 N–H and O–H groups in total. The second-order valence-corrected chi connectivity index (χ2v) is 7.36. The number of hydrogen-bond acceptors (Lipinski definition) is 10. The number of furan rings is 1. The molecule has 11 nitrogen and oxygen atoms in total. The van der Waals surface area contributed by atoms with Gasteiger partial charge in [-0.3, -0.25) is 10.1 Å². The minimum Gasteiger partial charge on any atom is -0.400 e. The Kier molecular flexibility index (Phi) is 5.82. The monoisotopic (exact) mass is 400 g/mol. The number of anilines is 3. The third-order valence-corrected chi connectivity index (χ3v) is 5.16. The minimum atomic E-state index is -0.599. The molecule has 154 valence electrons. The zero-order valence-corrected chi connectivity index (χ0v) is 16.0. The van der Waals surface area contributed by atoms with Gasteiger partial charge in [-0.1, -0.05) is 25.7 Å². The Balaban J connectivity index is 1.46. The van der Waals surface area contributed by atoms with Gasteiger partial charge in [0, 0.05) is 12.1 Å². The molecule has 0 radical (unpaired) electrons. The van der Waals surface area contributed by atoms with Crippen molar-refractivity contribution in [2.75, 3.05) is 16.1 Å². The van der Waals surface area contributed by atoms with Crippen molar-refractivity contribution in [3.05, 3.63) is 28.0 Å². The highest BCUT2D eigenvalue weighted by molar-refractivity contribution is 5.76. The lowest BCUT2D eigenvalue weighted by Gasteiger charge is -2.16. The second kappa shape index (κ2) is 8.84.